The SMILES string of the molecule is NC(=O)CCOc1ccc(NC(=O)CNC(=O)c2ccc(-c3ccccc3)cc2)cc1. The van der Waals surface area contributed by atoms with Crippen LogP contribution in [0, 0.1) is 0 Å². The molecule has 0 heterocycles. The Hall–Kier alpha value is -4.13. The number of amides is 3. The Labute approximate surface area is 180 Å². The average Bonchev–Trinajstić information content (AvgIpc) is 2.79. The van der Waals surface area contributed by atoms with Gasteiger partial charge in [-0.2, -0.15) is 0 Å². The number of carbonyl (C=O) groups excluding carboxylic acids is 3. The van der Waals surface area contributed by atoms with Crippen molar-refractivity contribution in [3.63, 3.8) is 0 Å². The van der Waals surface area contributed by atoms with Crippen LogP contribution in [0.5, 0.6) is 5.75 Å². The molecule has 3 amide bonds. The minimum Gasteiger partial charge on any atom is -0.493 e. The molecule has 3 rings (SSSR count). The zero-order chi connectivity index (χ0) is 22.1. The van der Waals surface area contributed by atoms with Gasteiger partial charge in [-0.1, -0.05) is 42.5 Å². The molecule has 158 valence electrons. The Morgan fingerprint density at radius 3 is 2.10 bits per heavy atom. The van der Waals surface area contributed by atoms with Gasteiger partial charge in [0.1, 0.15) is 5.75 Å². The van der Waals surface area contributed by atoms with Crippen LogP contribution in [0.2, 0.25) is 0 Å². The van der Waals surface area contributed by atoms with E-state index in [0.29, 0.717) is 17.0 Å². The molecule has 0 spiro atoms. The summed E-state index contributed by atoms with van der Waals surface area (Å²) in [5.41, 5.74) is 8.18. The summed E-state index contributed by atoms with van der Waals surface area (Å²) in [5, 5.41) is 5.31. The van der Waals surface area contributed by atoms with Crippen molar-refractivity contribution in [2.24, 2.45) is 5.73 Å². The van der Waals surface area contributed by atoms with E-state index in [1.807, 2.05) is 42.5 Å². The fraction of sp³-hybridized carbons (Fsp3) is 0.125. The van der Waals surface area contributed by atoms with Gasteiger partial charge in [0.25, 0.3) is 5.91 Å². The standard InChI is InChI=1S/C24H23N3O4/c25-22(28)14-15-31-21-12-10-20(11-13-21)27-23(29)16-26-24(30)19-8-6-18(7-9-19)17-4-2-1-3-5-17/h1-13H,14-16H2,(H2,25,28)(H,26,30)(H,27,29). The maximum absolute atomic E-state index is 12.3. The Balaban J connectivity index is 1.46. The summed E-state index contributed by atoms with van der Waals surface area (Å²) in [6, 6.07) is 23.7. The van der Waals surface area contributed by atoms with Crippen molar-refractivity contribution in [1.82, 2.24) is 5.32 Å². The van der Waals surface area contributed by atoms with E-state index < -0.39 is 5.91 Å². The monoisotopic (exact) mass is 417 g/mol. The van der Waals surface area contributed by atoms with Gasteiger partial charge in [0.2, 0.25) is 11.8 Å². The largest absolute Gasteiger partial charge is 0.493 e. The second-order valence-corrected chi connectivity index (χ2v) is 6.76. The lowest BCUT2D eigenvalue weighted by Gasteiger charge is -2.09. The van der Waals surface area contributed by atoms with E-state index in [4.69, 9.17) is 10.5 Å². The van der Waals surface area contributed by atoms with Crippen molar-refractivity contribution in [3.8, 4) is 16.9 Å². The highest BCUT2D eigenvalue weighted by Gasteiger charge is 2.09. The number of nitrogens with two attached hydrogens (primary N) is 1. The van der Waals surface area contributed by atoms with Gasteiger partial charge in [-0.15, -0.1) is 0 Å². The van der Waals surface area contributed by atoms with Crippen molar-refractivity contribution >= 4 is 23.4 Å². The molecule has 4 N–H and O–H groups in total. The van der Waals surface area contributed by atoms with Crippen molar-refractivity contribution < 1.29 is 19.1 Å². The summed E-state index contributed by atoms with van der Waals surface area (Å²) in [4.78, 5) is 35.1. The molecule has 0 aliphatic carbocycles. The van der Waals surface area contributed by atoms with Crippen molar-refractivity contribution in [2.45, 2.75) is 6.42 Å². The van der Waals surface area contributed by atoms with Gasteiger partial charge in [-0.05, 0) is 47.5 Å². The molecular weight excluding hydrogens is 394 g/mol. The van der Waals surface area contributed by atoms with Crippen LogP contribution in [0.15, 0.2) is 78.9 Å². The Kier molecular flexibility index (Phi) is 7.37. The van der Waals surface area contributed by atoms with Crippen LogP contribution >= 0.6 is 0 Å². The summed E-state index contributed by atoms with van der Waals surface area (Å²) in [6.07, 6.45) is 0.132. The lowest BCUT2D eigenvalue weighted by Crippen LogP contribution is -2.32. The quantitative estimate of drug-likeness (QED) is 0.497. The predicted molar refractivity (Wildman–Crippen MR) is 119 cm³/mol. The molecule has 0 aliphatic rings. The van der Waals surface area contributed by atoms with Crippen molar-refractivity contribution in [3.05, 3.63) is 84.4 Å². The number of anilines is 1. The molecule has 0 saturated carbocycles. The van der Waals surface area contributed by atoms with Gasteiger partial charge in [-0.3, -0.25) is 14.4 Å². The molecule has 7 nitrogen and oxygen atoms in total. The Morgan fingerprint density at radius 2 is 1.45 bits per heavy atom. The molecule has 7 heteroatoms. The van der Waals surface area contributed by atoms with Crippen LogP contribution in [0.4, 0.5) is 5.69 Å². The Morgan fingerprint density at radius 1 is 0.806 bits per heavy atom. The van der Waals surface area contributed by atoms with Crippen LogP contribution in [0.3, 0.4) is 0 Å². The lowest BCUT2D eigenvalue weighted by atomic mass is 10.0. The first-order valence-corrected chi connectivity index (χ1v) is 9.76. The molecule has 0 aromatic heterocycles. The fourth-order valence-corrected chi connectivity index (χ4v) is 2.82. The van der Waals surface area contributed by atoms with Gasteiger partial charge >= 0.3 is 0 Å². The molecule has 31 heavy (non-hydrogen) atoms. The van der Waals surface area contributed by atoms with E-state index in [0.717, 1.165) is 11.1 Å². The van der Waals surface area contributed by atoms with E-state index >= 15 is 0 Å². The highest BCUT2D eigenvalue weighted by Crippen LogP contribution is 2.19. The van der Waals surface area contributed by atoms with Gasteiger partial charge in [0, 0.05) is 11.3 Å². The van der Waals surface area contributed by atoms with Gasteiger partial charge in [-0.25, -0.2) is 0 Å². The van der Waals surface area contributed by atoms with E-state index in [9.17, 15) is 14.4 Å². The maximum atomic E-state index is 12.3. The third kappa shape index (κ3) is 6.71. The molecule has 3 aromatic rings. The molecule has 0 unspecified atom stereocenters. The zero-order valence-corrected chi connectivity index (χ0v) is 16.8. The first-order valence-electron chi connectivity index (χ1n) is 9.76. The third-order valence-corrected chi connectivity index (χ3v) is 4.42. The first kappa shape index (κ1) is 21.6. The summed E-state index contributed by atoms with van der Waals surface area (Å²) >= 11 is 0. The molecule has 0 radical (unpaired) electrons. The predicted octanol–water partition coefficient (Wildman–Crippen LogP) is 2.98. The maximum Gasteiger partial charge on any atom is 0.251 e. The average molecular weight is 417 g/mol. The number of hydrogen-bond donors (Lipinski definition) is 3. The van der Waals surface area contributed by atoms with Gasteiger partial charge < -0.3 is 21.1 Å². The summed E-state index contributed by atoms with van der Waals surface area (Å²) in [7, 11) is 0. The molecule has 0 aliphatic heterocycles. The van der Waals surface area contributed by atoms with E-state index in [1.165, 1.54) is 0 Å². The summed E-state index contributed by atoms with van der Waals surface area (Å²) < 4.78 is 5.37. The summed E-state index contributed by atoms with van der Waals surface area (Å²) in [5.74, 6) is -0.547. The van der Waals surface area contributed by atoms with Crippen LogP contribution in [-0.2, 0) is 9.59 Å². The van der Waals surface area contributed by atoms with Crippen LogP contribution in [0.1, 0.15) is 16.8 Å². The number of nitrogens with one attached hydrogen (secondary N) is 2. The third-order valence-electron chi connectivity index (χ3n) is 4.42. The smallest absolute Gasteiger partial charge is 0.251 e. The number of primary amides is 1. The molecular formula is C24H23N3O4. The van der Waals surface area contributed by atoms with Crippen LogP contribution < -0.4 is 21.1 Å². The lowest BCUT2D eigenvalue weighted by molar-refractivity contribution is -0.118. The van der Waals surface area contributed by atoms with Crippen LogP contribution in [-0.4, -0.2) is 30.9 Å². The molecule has 3 aromatic carbocycles. The van der Waals surface area contributed by atoms with Gasteiger partial charge in [0.05, 0.1) is 19.6 Å². The molecule has 0 fully saturated rings. The summed E-state index contributed by atoms with van der Waals surface area (Å²) in [6.45, 7) is 0.0372. The first-order chi connectivity index (χ1) is 15.0. The molecule has 0 saturated heterocycles. The normalized spacial score (nSPS) is 10.2. The number of rotatable bonds is 9. The van der Waals surface area contributed by atoms with E-state index in [1.54, 1.807) is 36.4 Å². The molecule has 0 atom stereocenters. The number of hydrogen-bond acceptors (Lipinski definition) is 4. The minimum atomic E-state index is -0.432. The topological polar surface area (TPSA) is 111 Å². The number of benzene rings is 3. The van der Waals surface area contributed by atoms with E-state index in [-0.39, 0.29) is 31.4 Å². The number of carbonyl (C=O) groups is 3. The highest BCUT2D eigenvalue weighted by atomic mass is 16.5. The highest BCUT2D eigenvalue weighted by molar-refractivity contribution is 5.99. The van der Waals surface area contributed by atoms with Crippen molar-refractivity contribution in [1.29, 1.82) is 0 Å². The minimum absolute atomic E-state index is 0.132. The Bertz CT molecular complexity index is 1030. The molecule has 0 bridgehead atoms. The second-order valence-electron chi connectivity index (χ2n) is 6.76. The van der Waals surface area contributed by atoms with E-state index in [2.05, 4.69) is 10.6 Å². The zero-order valence-electron chi connectivity index (χ0n) is 16.8. The van der Waals surface area contributed by atoms with Crippen molar-refractivity contribution in [2.75, 3.05) is 18.5 Å². The van der Waals surface area contributed by atoms with Gasteiger partial charge in [0.15, 0.2) is 0 Å². The number of ether oxygens (including phenoxy) is 1. The fourth-order valence-electron chi connectivity index (χ4n) is 2.82. The second kappa shape index (κ2) is 10.6. The van der Waals surface area contributed by atoms with Crippen LogP contribution in [0.25, 0.3) is 11.1 Å².